The van der Waals surface area contributed by atoms with E-state index >= 15 is 0 Å². The number of hydrogen-bond acceptors (Lipinski definition) is 4. The quantitative estimate of drug-likeness (QED) is 0.791. The predicted octanol–water partition coefficient (Wildman–Crippen LogP) is 2.42. The molecule has 6 heteroatoms. The second-order valence-electron chi connectivity index (χ2n) is 4.22. The number of aryl methyl sites for hydroxylation is 1. The van der Waals surface area contributed by atoms with Gasteiger partial charge < -0.3 is 9.73 Å². The van der Waals surface area contributed by atoms with E-state index in [4.69, 9.17) is 4.42 Å². The number of hydrogen-bond donors (Lipinski definition) is 1. The van der Waals surface area contributed by atoms with Crippen LogP contribution in [0, 0.1) is 6.92 Å². The summed E-state index contributed by atoms with van der Waals surface area (Å²) in [5.74, 6) is 1.11. The first-order chi connectivity index (χ1) is 9.74. The topological polar surface area (TPSA) is 73.0 Å². The van der Waals surface area contributed by atoms with Crippen LogP contribution in [0.15, 0.2) is 53.8 Å². The predicted molar refractivity (Wildman–Crippen MR) is 72.8 cm³/mol. The van der Waals surface area contributed by atoms with E-state index in [1.54, 1.807) is 54.6 Å². The lowest BCUT2D eigenvalue weighted by Gasteiger charge is -2.05. The summed E-state index contributed by atoms with van der Waals surface area (Å²) in [7, 11) is 0. The number of carbonyl (C=O) groups is 1. The maximum atomic E-state index is 12.0. The molecule has 20 heavy (non-hydrogen) atoms. The molecule has 0 aliphatic rings. The van der Waals surface area contributed by atoms with Crippen molar-refractivity contribution < 1.29 is 9.21 Å². The van der Waals surface area contributed by atoms with Crippen LogP contribution in [0.4, 0.5) is 5.69 Å². The summed E-state index contributed by atoms with van der Waals surface area (Å²) in [5, 5.41) is 2.77. The number of furan rings is 1. The van der Waals surface area contributed by atoms with E-state index in [1.807, 2.05) is 0 Å². The van der Waals surface area contributed by atoms with E-state index in [-0.39, 0.29) is 5.91 Å². The molecule has 0 bridgehead atoms. The number of anilines is 1. The fourth-order valence-electron chi connectivity index (χ4n) is 1.83. The van der Waals surface area contributed by atoms with Crippen LogP contribution in [0.25, 0.3) is 5.82 Å². The third kappa shape index (κ3) is 2.31. The largest absolute Gasteiger partial charge is 0.469 e. The number of imidazole rings is 1. The average molecular weight is 268 g/mol. The summed E-state index contributed by atoms with van der Waals surface area (Å²) in [6.45, 7) is 1.75. The molecule has 1 amide bonds. The van der Waals surface area contributed by atoms with Crippen LogP contribution in [0.3, 0.4) is 0 Å². The van der Waals surface area contributed by atoms with Gasteiger partial charge in [-0.3, -0.25) is 9.36 Å². The Morgan fingerprint density at radius 2 is 2.25 bits per heavy atom. The molecule has 0 radical (unpaired) electrons. The van der Waals surface area contributed by atoms with Crippen molar-refractivity contribution in [3.8, 4) is 5.82 Å². The first-order valence-corrected chi connectivity index (χ1v) is 6.04. The highest BCUT2D eigenvalue weighted by Gasteiger charge is 2.11. The molecule has 3 aromatic rings. The molecule has 100 valence electrons. The molecular formula is C14H12N4O2. The number of carbonyl (C=O) groups excluding carboxylic acids is 1. The molecule has 1 N–H and O–H groups in total. The summed E-state index contributed by atoms with van der Waals surface area (Å²) in [5.41, 5.74) is 1.14. The maximum absolute atomic E-state index is 12.0. The van der Waals surface area contributed by atoms with Crippen molar-refractivity contribution in [1.29, 1.82) is 0 Å². The molecule has 0 aromatic carbocycles. The highest BCUT2D eigenvalue weighted by molar-refractivity contribution is 6.04. The molecule has 0 atom stereocenters. The zero-order valence-corrected chi connectivity index (χ0v) is 10.8. The highest BCUT2D eigenvalue weighted by Crippen LogP contribution is 2.14. The Hall–Kier alpha value is -2.89. The minimum atomic E-state index is -0.214. The Kier molecular flexibility index (Phi) is 3.04. The summed E-state index contributed by atoms with van der Waals surface area (Å²) < 4.78 is 6.89. The monoisotopic (exact) mass is 268 g/mol. The van der Waals surface area contributed by atoms with Crippen molar-refractivity contribution in [2.24, 2.45) is 0 Å². The van der Waals surface area contributed by atoms with Crippen LogP contribution >= 0.6 is 0 Å². The SMILES string of the molecule is Cc1occc1C(=O)Nc1ccc(-n2ccnc2)nc1. The van der Waals surface area contributed by atoms with Gasteiger partial charge in [0.25, 0.3) is 5.91 Å². The van der Waals surface area contributed by atoms with Crippen molar-refractivity contribution in [1.82, 2.24) is 14.5 Å². The number of nitrogens with zero attached hydrogens (tertiary/aromatic N) is 3. The lowest BCUT2D eigenvalue weighted by molar-refractivity contribution is 0.102. The van der Waals surface area contributed by atoms with Gasteiger partial charge in [-0.2, -0.15) is 0 Å². The second-order valence-corrected chi connectivity index (χ2v) is 4.22. The van der Waals surface area contributed by atoms with Gasteiger partial charge in [0.2, 0.25) is 0 Å². The summed E-state index contributed by atoms with van der Waals surface area (Å²) in [4.78, 5) is 20.2. The molecule has 0 aliphatic heterocycles. The third-order valence-corrected chi connectivity index (χ3v) is 2.88. The van der Waals surface area contributed by atoms with Gasteiger partial charge in [-0.1, -0.05) is 0 Å². The highest BCUT2D eigenvalue weighted by atomic mass is 16.3. The van der Waals surface area contributed by atoms with E-state index in [2.05, 4.69) is 15.3 Å². The number of nitrogens with one attached hydrogen (secondary N) is 1. The molecule has 3 aromatic heterocycles. The first kappa shape index (κ1) is 12.2. The number of amides is 1. The normalized spacial score (nSPS) is 10.4. The molecule has 0 spiro atoms. The lowest BCUT2D eigenvalue weighted by atomic mass is 10.2. The van der Waals surface area contributed by atoms with Crippen molar-refractivity contribution in [3.05, 3.63) is 60.7 Å². The van der Waals surface area contributed by atoms with Gasteiger partial charge in [0.15, 0.2) is 0 Å². The van der Waals surface area contributed by atoms with Crippen LogP contribution < -0.4 is 5.32 Å². The number of aromatic nitrogens is 3. The van der Waals surface area contributed by atoms with E-state index < -0.39 is 0 Å². The molecule has 0 fully saturated rings. The van der Waals surface area contributed by atoms with Crippen LogP contribution in [-0.2, 0) is 0 Å². The van der Waals surface area contributed by atoms with Gasteiger partial charge >= 0.3 is 0 Å². The van der Waals surface area contributed by atoms with Crippen molar-refractivity contribution in [3.63, 3.8) is 0 Å². The van der Waals surface area contributed by atoms with Gasteiger partial charge in [-0.05, 0) is 25.1 Å². The molecule has 0 saturated heterocycles. The van der Waals surface area contributed by atoms with Crippen molar-refractivity contribution >= 4 is 11.6 Å². The van der Waals surface area contributed by atoms with E-state index in [0.29, 0.717) is 17.0 Å². The van der Waals surface area contributed by atoms with Crippen LogP contribution in [0.2, 0.25) is 0 Å². The summed E-state index contributed by atoms with van der Waals surface area (Å²) in [6, 6.07) is 5.23. The third-order valence-electron chi connectivity index (χ3n) is 2.88. The van der Waals surface area contributed by atoms with Crippen molar-refractivity contribution in [2.75, 3.05) is 5.32 Å². The smallest absolute Gasteiger partial charge is 0.259 e. The summed E-state index contributed by atoms with van der Waals surface area (Å²) in [6.07, 6.45) is 8.23. The fourth-order valence-corrected chi connectivity index (χ4v) is 1.83. The number of rotatable bonds is 3. The number of pyridine rings is 1. The zero-order valence-electron chi connectivity index (χ0n) is 10.8. The Morgan fingerprint density at radius 1 is 1.35 bits per heavy atom. The Morgan fingerprint density at radius 3 is 2.85 bits per heavy atom. The van der Waals surface area contributed by atoms with Gasteiger partial charge in [0.1, 0.15) is 17.9 Å². The minimum Gasteiger partial charge on any atom is -0.469 e. The maximum Gasteiger partial charge on any atom is 0.259 e. The molecule has 0 unspecified atom stereocenters. The van der Waals surface area contributed by atoms with Crippen LogP contribution in [0.1, 0.15) is 16.1 Å². The van der Waals surface area contributed by atoms with Gasteiger partial charge in [-0.25, -0.2) is 9.97 Å². The van der Waals surface area contributed by atoms with E-state index in [1.165, 1.54) is 6.26 Å². The van der Waals surface area contributed by atoms with E-state index in [0.717, 1.165) is 5.82 Å². The lowest BCUT2D eigenvalue weighted by Crippen LogP contribution is -2.12. The second kappa shape index (κ2) is 5.00. The molecule has 0 saturated carbocycles. The van der Waals surface area contributed by atoms with Gasteiger partial charge in [-0.15, -0.1) is 0 Å². The fraction of sp³-hybridized carbons (Fsp3) is 0.0714. The van der Waals surface area contributed by atoms with E-state index in [9.17, 15) is 4.79 Å². The zero-order chi connectivity index (χ0) is 13.9. The van der Waals surface area contributed by atoms with Gasteiger partial charge in [0.05, 0.1) is 23.7 Å². The molecule has 3 heterocycles. The Labute approximate surface area is 115 Å². The van der Waals surface area contributed by atoms with Crippen LogP contribution in [0.5, 0.6) is 0 Å². The first-order valence-electron chi connectivity index (χ1n) is 6.04. The average Bonchev–Trinajstić information content (AvgIpc) is 3.10. The van der Waals surface area contributed by atoms with Crippen molar-refractivity contribution in [2.45, 2.75) is 6.92 Å². The minimum absolute atomic E-state index is 0.214. The molecular weight excluding hydrogens is 256 g/mol. The standard InChI is InChI=1S/C14H12N4O2/c1-10-12(4-7-20-10)14(19)17-11-2-3-13(16-8-11)18-6-5-15-9-18/h2-9H,1H3,(H,17,19). The molecule has 3 rings (SSSR count). The molecule has 6 nitrogen and oxygen atoms in total. The van der Waals surface area contributed by atoms with Crippen LogP contribution in [-0.4, -0.2) is 20.4 Å². The Balaban J connectivity index is 1.76. The Bertz CT molecular complexity index is 714. The van der Waals surface area contributed by atoms with Gasteiger partial charge in [0, 0.05) is 12.4 Å². The summed E-state index contributed by atoms with van der Waals surface area (Å²) >= 11 is 0. The molecule has 0 aliphatic carbocycles.